The zero-order chi connectivity index (χ0) is 16.1. The van der Waals surface area contributed by atoms with Crippen molar-refractivity contribution >= 4 is 0 Å². The maximum Gasteiger partial charge on any atom is 0.127 e. The largest absolute Gasteiger partial charge is 0.488 e. The van der Waals surface area contributed by atoms with E-state index < -0.39 is 0 Å². The van der Waals surface area contributed by atoms with Gasteiger partial charge in [0.25, 0.3) is 0 Å². The molecule has 3 aromatic rings. The summed E-state index contributed by atoms with van der Waals surface area (Å²) >= 11 is 0. The van der Waals surface area contributed by atoms with E-state index in [-0.39, 0.29) is 6.04 Å². The van der Waals surface area contributed by atoms with Crippen LogP contribution in [0.15, 0.2) is 78.9 Å². The molecule has 0 unspecified atom stereocenters. The van der Waals surface area contributed by atoms with E-state index in [4.69, 9.17) is 10.5 Å². The van der Waals surface area contributed by atoms with E-state index >= 15 is 0 Å². The Labute approximate surface area is 137 Å². The van der Waals surface area contributed by atoms with E-state index in [0.29, 0.717) is 6.61 Å². The minimum atomic E-state index is 0.0207. The second-order valence-electron chi connectivity index (χ2n) is 5.68. The second kappa shape index (κ2) is 7.12. The summed E-state index contributed by atoms with van der Waals surface area (Å²) in [5.41, 5.74) is 10.5. The van der Waals surface area contributed by atoms with Gasteiger partial charge in [-0.1, -0.05) is 66.7 Å². The number of nitrogens with two attached hydrogens (primary N) is 1. The van der Waals surface area contributed by atoms with E-state index in [1.54, 1.807) is 0 Å². The van der Waals surface area contributed by atoms with E-state index in [0.717, 1.165) is 28.0 Å². The average Bonchev–Trinajstić information content (AvgIpc) is 2.61. The van der Waals surface area contributed by atoms with Gasteiger partial charge in [-0.05, 0) is 35.7 Å². The van der Waals surface area contributed by atoms with Crippen molar-refractivity contribution < 1.29 is 4.74 Å². The average molecular weight is 303 g/mol. The van der Waals surface area contributed by atoms with Crippen LogP contribution in [-0.4, -0.2) is 0 Å². The predicted molar refractivity (Wildman–Crippen MR) is 95.3 cm³/mol. The van der Waals surface area contributed by atoms with Crippen LogP contribution in [0.2, 0.25) is 0 Å². The minimum absolute atomic E-state index is 0.0207. The normalized spacial score (nSPS) is 11.9. The van der Waals surface area contributed by atoms with Gasteiger partial charge in [0.2, 0.25) is 0 Å². The molecule has 0 aliphatic rings. The molecule has 3 rings (SSSR count). The number of hydrogen-bond donors (Lipinski definition) is 1. The van der Waals surface area contributed by atoms with Crippen molar-refractivity contribution in [3.63, 3.8) is 0 Å². The lowest BCUT2D eigenvalue weighted by Gasteiger charge is -2.13. The molecule has 1 atom stereocenters. The number of ether oxygens (including phenoxy) is 1. The van der Waals surface area contributed by atoms with Gasteiger partial charge >= 0.3 is 0 Å². The summed E-state index contributed by atoms with van der Waals surface area (Å²) in [6.07, 6.45) is 0. The Morgan fingerprint density at radius 1 is 0.870 bits per heavy atom. The van der Waals surface area contributed by atoms with Crippen LogP contribution in [-0.2, 0) is 6.61 Å². The van der Waals surface area contributed by atoms with Gasteiger partial charge in [0, 0.05) is 11.6 Å². The fourth-order valence-corrected chi connectivity index (χ4v) is 2.56. The summed E-state index contributed by atoms with van der Waals surface area (Å²) in [4.78, 5) is 0. The highest BCUT2D eigenvalue weighted by Gasteiger charge is 2.08. The zero-order valence-electron chi connectivity index (χ0n) is 13.3. The molecule has 0 amide bonds. The van der Waals surface area contributed by atoms with Gasteiger partial charge in [0.15, 0.2) is 0 Å². The predicted octanol–water partition coefficient (Wildman–Crippen LogP) is 4.95. The smallest absolute Gasteiger partial charge is 0.127 e. The molecule has 0 aliphatic heterocycles. The maximum absolute atomic E-state index is 6.05. The molecule has 2 nitrogen and oxygen atoms in total. The van der Waals surface area contributed by atoms with E-state index in [1.165, 1.54) is 0 Å². The highest BCUT2D eigenvalue weighted by Crippen LogP contribution is 2.31. The molecule has 0 aliphatic carbocycles. The van der Waals surface area contributed by atoms with Crippen LogP contribution in [0.25, 0.3) is 11.1 Å². The summed E-state index contributed by atoms with van der Waals surface area (Å²) in [6, 6.07) is 26.7. The SMILES string of the molecule is C[C@H](N)c1cccc(-c2ccccc2OCc2ccccc2)c1. The lowest BCUT2D eigenvalue weighted by molar-refractivity contribution is 0.307. The first-order valence-corrected chi connectivity index (χ1v) is 7.86. The molecular weight excluding hydrogens is 282 g/mol. The molecule has 0 bridgehead atoms. The number of para-hydroxylation sites is 1. The summed E-state index contributed by atoms with van der Waals surface area (Å²) < 4.78 is 6.05. The molecule has 0 heterocycles. The van der Waals surface area contributed by atoms with Gasteiger partial charge < -0.3 is 10.5 Å². The van der Waals surface area contributed by atoms with Gasteiger partial charge in [0.1, 0.15) is 12.4 Å². The first-order valence-electron chi connectivity index (χ1n) is 7.86. The van der Waals surface area contributed by atoms with Gasteiger partial charge in [-0.2, -0.15) is 0 Å². The Balaban J connectivity index is 1.87. The standard InChI is InChI=1S/C21H21NO/c1-16(22)18-10-7-11-19(14-18)20-12-5-6-13-21(20)23-15-17-8-3-2-4-9-17/h2-14,16H,15,22H2,1H3/t16-/m0/s1. The molecule has 2 N–H and O–H groups in total. The van der Waals surface area contributed by atoms with Crippen molar-refractivity contribution in [1.82, 2.24) is 0 Å². The van der Waals surface area contributed by atoms with Gasteiger partial charge in [-0.25, -0.2) is 0 Å². The topological polar surface area (TPSA) is 35.2 Å². The molecule has 2 heteroatoms. The summed E-state index contributed by atoms with van der Waals surface area (Å²) in [5.74, 6) is 0.887. The van der Waals surface area contributed by atoms with Crippen molar-refractivity contribution in [3.05, 3.63) is 90.0 Å². The zero-order valence-corrected chi connectivity index (χ0v) is 13.3. The lowest BCUT2D eigenvalue weighted by Crippen LogP contribution is -2.04. The monoisotopic (exact) mass is 303 g/mol. The first-order chi connectivity index (χ1) is 11.2. The van der Waals surface area contributed by atoms with Crippen molar-refractivity contribution in [2.24, 2.45) is 5.73 Å². The number of rotatable bonds is 5. The Bertz CT molecular complexity index is 766. The Hall–Kier alpha value is -2.58. The summed E-state index contributed by atoms with van der Waals surface area (Å²) in [5, 5.41) is 0. The van der Waals surface area contributed by atoms with Crippen LogP contribution in [0.5, 0.6) is 5.75 Å². The van der Waals surface area contributed by atoms with Crippen LogP contribution in [0, 0.1) is 0 Å². The van der Waals surface area contributed by atoms with Crippen LogP contribution < -0.4 is 10.5 Å². The quantitative estimate of drug-likeness (QED) is 0.723. The summed E-state index contributed by atoms with van der Waals surface area (Å²) in [6.45, 7) is 2.56. The van der Waals surface area contributed by atoms with Crippen LogP contribution in [0.1, 0.15) is 24.1 Å². The van der Waals surface area contributed by atoms with Crippen LogP contribution in [0.3, 0.4) is 0 Å². The lowest BCUT2D eigenvalue weighted by atomic mass is 10.00. The Morgan fingerprint density at radius 3 is 2.39 bits per heavy atom. The molecule has 3 aromatic carbocycles. The fourth-order valence-electron chi connectivity index (χ4n) is 2.56. The Morgan fingerprint density at radius 2 is 1.61 bits per heavy atom. The van der Waals surface area contributed by atoms with Gasteiger partial charge in [0.05, 0.1) is 0 Å². The number of hydrogen-bond acceptors (Lipinski definition) is 2. The van der Waals surface area contributed by atoms with Crippen LogP contribution in [0.4, 0.5) is 0 Å². The molecule has 0 saturated heterocycles. The van der Waals surface area contributed by atoms with Crippen molar-refractivity contribution in [3.8, 4) is 16.9 Å². The Kier molecular flexibility index (Phi) is 4.74. The fraction of sp³-hybridized carbons (Fsp3) is 0.143. The van der Waals surface area contributed by atoms with E-state index in [9.17, 15) is 0 Å². The minimum Gasteiger partial charge on any atom is -0.488 e. The molecular formula is C21H21NO. The van der Waals surface area contributed by atoms with E-state index in [2.05, 4.69) is 36.4 Å². The van der Waals surface area contributed by atoms with Crippen molar-refractivity contribution in [1.29, 1.82) is 0 Å². The third-order valence-corrected chi connectivity index (χ3v) is 3.85. The maximum atomic E-state index is 6.05. The molecule has 0 radical (unpaired) electrons. The third-order valence-electron chi connectivity index (χ3n) is 3.85. The van der Waals surface area contributed by atoms with Crippen molar-refractivity contribution in [2.45, 2.75) is 19.6 Å². The first kappa shape index (κ1) is 15.3. The molecule has 116 valence electrons. The van der Waals surface area contributed by atoms with Gasteiger partial charge in [-0.3, -0.25) is 0 Å². The number of benzene rings is 3. The van der Waals surface area contributed by atoms with Gasteiger partial charge in [-0.15, -0.1) is 0 Å². The molecule has 0 fully saturated rings. The molecule has 23 heavy (non-hydrogen) atoms. The molecule has 0 aromatic heterocycles. The van der Waals surface area contributed by atoms with E-state index in [1.807, 2.05) is 49.4 Å². The summed E-state index contributed by atoms with van der Waals surface area (Å²) in [7, 11) is 0. The molecule has 0 spiro atoms. The highest BCUT2D eigenvalue weighted by atomic mass is 16.5. The highest BCUT2D eigenvalue weighted by molar-refractivity contribution is 5.71. The third kappa shape index (κ3) is 3.79. The van der Waals surface area contributed by atoms with Crippen molar-refractivity contribution in [2.75, 3.05) is 0 Å². The van der Waals surface area contributed by atoms with Crippen LogP contribution >= 0.6 is 0 Å². The molecule has 0 saturated carbocycles. The second-order valence-corrected chi connectivity index (χ2v) is 5.68.